The monoisotopic (exact) mass is 190 g/mol. The molecule has 0 radical (unpaired) electrons. The summed E-state index contributed by atoms with van der Waals surface area (Å²) in [6.45, 7) is 0. The number of benzene rings is 1. The van der Waals surface area contributed by atoms with Crippen LogP contribution in [-0.4, -0.2) is 12.2 Å². The van der Waals surface area contributed by atoms with Crippen LogP contribution in [0.3, 0.4) is 0 Å². The second kappa shape index (κ2) is 3.46. The van der Waals surface area contributed by atoms with Crippen LogP contribution in [0.25, 0.3) is 5.76 Å². The first-order valence-electron chi connectivity index (χ1n) is 4.22. The molecule has 0 atom stereocenters. The summed E-state index contributed by atoms with van der Waals surface area (Å²) in [5.41, 5.74) is 0.663. The number of methoxy groups -OCH3 is 1. The second-order valence-corrected chi connectivity index (χ2v) is 2.86. The second-order valence-electron chi connectivity index (χ2n) is 2.86. The Morgan fingerprint density at radius 1 is 1.36 bits per heavy atom. The summed E-state index contributed by atoms with van der Waals surface area (Å²) in [6, 6.07) is 5.26. The van der Waals surface area contributed by atoms with Crippen LogP contribution in [0, 0.1) is 0 Å². The Balaban J connectivity index is 2.51. The molecule has 0 amide bonds. The zero-order valence-electron chi connectivity index (χ0n) is 7.73. The van der Waals surface area contributed by atoms with Crippen molar-refractivity contribution < 1.29 is 14.6 Å². The highest BCUT2D eigenvalue weighted by atomic mass is 16.5. The van der Waals surface area contributed by atoms with E-state index in [1.165, 1.54) is 6.26 Å². The Labute approximate surface area is 81.9 Å². The minimum absolute atomic E-state index is 0.191. The molecule has 1 aliphatic rings. The quantitative estimate of drug-likeness (QED) is 0.739. The molecule has 0 unspecified atom stereocenters. The summed E-state index contributed by atoms with van der Waals surface area (Å²) in [5.74, 6) is 1.48. The van der Waals surface area contributed by atoms with Crippen LogP contribution in [0.15, 0.2) is 36.6 Å². The SMILES string of the molecule is COc1ccc2c(c1)OC=CC=C2O. The topological polar surface area (TPSA) is 38.7 Å². The van der Waals surface area contributed by atoms with Crippen molar-refractivity contribution in [3.63, 3.8) is 0 Å². The summed E-state index contributed by atoms with van der Waals surface area (Å²) in [7, 11) is 1.59. The maximum absolute atomic E-state index is 9.59. The number of aliphatic hydroxyl groups excluding tert-OH is 1. The van der Waals surface area contributed by atoms with Crippen molar-refractivity contribution >= 4 is 5.76 Å². The summed E-state index contributed by atoms with van der Waals surface area (Å²) in [6.07, 6.45) is 4.74. The number of allylic oxidation sites excluding steroid dienone is 2. The highest BCUT2D eigenvalue weighted by Gasteiger charge is 2.10. The zero-order valence-corrected chi connectivity index (χ0v) is 7.73. The van der Waals surface area contributed by atoms with Gasteiger partial charge in [-0.05, 0) is 24.3 Å². The van der Waals surface area contributed by atoms with Crippen LogP contribution in [0.5, 0.6) is 11.5 Å². The number of aliphatic hydroxyl groups is 1. The van der Waals surface area contributed by atoms with E-state index in [0.29, 0.717) is 17.1 Å². The summed E-state index contributed by atoms with van der Waals surface area (Å²) < 4.78 is 10.3. The highest BCUT2D eigenvalue weighted by molar-refractivity contribution is 5.67. The van der Waals surface area contributed by atoms with Crippen molar-refractivity contribution in [2.24, 2.45) is 0 Å². The third-order valence-corrected chi connectivity index (χ3v) is 1.99. The average molecular weight is 190 g/mol. The van der Waals surface area contributed by atoms with E-state index in [1.54, 1.807) is 37.5 Å². The van der Waals surface area contributed by atoms with E-state index in [2.05, 4.69) is 0 Å². The molecule has 1 aromatic carbocycles. The number of hydrogen-bond acceptors (Lipinski definition) is 3. The first-order valence-corrected chi connectivity index (χ1v) is 4.22. The smallest absolute Gasteiger partial charge is 0.141 e. The van der Waals surface area contributed by atoms with Crippen molar-refractivity contribution in [1.82, 2.24) is 0 Å². The lowest BCUT2D eigenvalue weighted by atomic mass is 10.1. The first kappa shape index (κ1) is 8.69. The molecule has 0 fully saturated rings. The molecule has 0 bridgehead atoms. The van der Waals surface area contributed by atoms with Gasteiger partial charge in [0.2, 0.25) is 0 Å². The minimum Gasteiger partial charge on any atom is -0.507 e. The lowest BCUT2D eigenvalue weighted by Gasteiger charge is -2.07. The van der Waals surface area contributed by atoms with Gasteiger partial charge in [-0.15, -0.1) is 0 Å². The predicted octanol–water partition coefficient (Wildman–Crippen LogP) is 2.50. The molecule has 0 aliphatic carbocycles. The largest absolute Gasteiger partial charge is 0.507 e. The molecule has 3 heteroatoms. The Morgan fingerprint density at radius 3 is 3.00 bits per heavy atom. The van der Waals surface area contributed by atoms with E-state index < -0.39 is 0 Å². The molecule has 0 aromatic heterocycles. The van der Waals surface area contributed by atoms with E-state index >= 15 is 0 Å². The van der Waals surface area contributed by atoms with Gasteiger partial charge in [0, 0.05) is 6.07 Å². The molecular weight excluding hydrogens is 180 g/mol. The number of ether oxygens (including phenoxy) is 2. The molecule has 1 heterocycles. The summed E-state index contributed by atoms with van der Waals surface area (Å²) in [5, 5.41) is 9.59. The van der Waals surface area contributed by atoms with Gasteiger partial charge in [0.1, 0.15) is 17.3 Å². The standard InChI is InChI=1S/C11H10O3/c1-13-8-4-5-9-10(12)3-2-6-14-11(9)7-8/h2-7,12H,1H3. The molecule has 3 nitrogen and oxygen atoms in total. The van der Waals surface area contributed by atoms with E-state index in [4.69, 9.17) is 9.47 Å². The molecule has 0 saturated heterocycles. The lowest BCUT2D eigenvalue weighted by molar-refractivity contribution is 0.408. The Kier molecular flexibility index (Phi) is 2.14. The Bertz CT molecular complexity index is 405. The molecule has 0 spiro atoms. The van der Waals surface area contributed by atoms with Crippen molar-refractivity contribution in [2.75, 3.05) is 7.11 Å². The minimum atomic E-state index is 0.191. The van der Waals surface area contributed by atoms with E-state index in [9.17, 15) is 5.11 Å². The number of hydrogen-bond donors (Lipinski definition) is 1. The van der Waals surface area contributed by atoms with E-state index in [1.807, 2.05) is 0 Å². The van der Waals surface area contributed by atoms with Gasteiger partial charge in [0.25, 0.3) is 0 Å². The van der Waals surface area contributed by atoms with Crippen molar-refractivity contribution in [3.05, 3.63) is 42.2 Å². The van der Waals surface area contributed by atoms with E-state index in [-0.39, 0.29) is 5.76 Å². The van der Waals surface area contributed by atoms with Gasteiger partial charge < -0.3 is 14.6 Å². The van der Waals surface area contributed by atoms with Crippen LogP contribution >= 0.6 is 0 Å². The lowest BCUT2D eigenvalue weighted by Crippen LogP contribution is -1.90. The Morgan fingerprint density at radius 2 is 2.21 bits per heavy atom. The fraction of sp³-hybridized carbons (Fsp3) is 0.0909. The molecule has 1 aliphatic heterocycles. The van der Waals surface area contributed by atoms with Crippen LogP contribution < -0.4 is 9.47 Å². The van der Waals surface area contributed by atoms with Crippen molar-refractivity contribution in [3.8, 4) is 11.5 Å². The van der Waals surface area contributed by atoms with Crippen LogP contribution in [0.1, 0.15) is 5.56 Å². The average Bonchev–Trinajstić information content (AvgIpc) is 2.40. The molecule has 1 N–H and O–H groups in total. The molecule has 14 heavy (non-hydrogen) atoms. The summed E-state index contributed by atoms with van der Waals surface area (Å²) >= 11 is 0. The maximum Gasteiger partial charge on any atom is 0.141 e. The van der Waals surface area contributed by atoms with E-state index in [0.717, 1.165) is 0 Å². The van der Waals surface area contributed by atoms with Gasteiger partial charge in [0.15, 0.2) is 0 Å². The molecular formula is C11H10O3. The van der Waals surface area contributed by atoms with Gasteiger partial charge in [-0.1, -0.05) is 0 Å². The molecule has 0 saturated carbocycles. The fourth-order valence-electron chi connectivity index (χ4n) is 1.27. The maximum atomic E-state index is 9.59. The first-order chi connectivity index (χ1) is 6.81. The number of fused-ring (bicyclic) bond motifs is 1. The van der Waals surface area contributed by atoms with Crippen molar-refractivity contribution in [2.45, 2.75) is 0 Å². The van der Waals surface area contributed by atoms with Crippen LogP contribution in [0.4, 0.5) is 0 Å². The van der Waals surface area contributed by atoms with Crippen LogP contribution in [-0.2, 0) is 0 Å². The zero-order chi connectivity index (χ0) is 9.97. The van der Waals surface area contributed by atoms with Gasteiger partial charge in [0.05, 0.1) is 18.9 Å². The Hall–Kier alpha value is -1.90. The highest BCUT2D eigenvalue weighted by Crippen LogP contribution is 2.30. The number of rotatable bonds is 1. The normalized spacial score (nSPS) is 13.6. The van der Waals surface area contributed by atoms with Crippen LogP contribution in [0.2, 0.25) is 0 Å². The van der Waals surface area contributed by atoms with Gasteiger partial charge in [-0.2, -0.15) is 0 Å². The summed E-state index contributed by atoms with van der Waals surface area (Å²) in [4.78, 5) is 0. The van der Waals surface area contributed by atoms with Crippen molar-refractivity contribution in [1.29, 1.82) is 0 Å². The third-order valence-electron chi connectivity index (χ3n) is 1.99. The third kappa shape index (κ3) is 1.44. The van der Waals surface area contributed by atoms with Gasteiger partial charge in [-0.25, -0.2) is 0 Å². The molecule has 72 valence electrons. The fourth-order valence-corrected chi connectivity index (χ4v) is 1.27. The van der Waals surface area contributed by atoms with Gasteiger partial charge >= 0.3 is 0 Å². The molecule has 2 rings (SSSR count). The predicted molar refractivity (Wildman–Crippen MR) is 53.4 cm³/mol. The van der Waals surface area contributed by atoms with Gasteiger partial charge in [-0.3, -0.25) is 0 Å². The molecule has 1 aromatic rings.